The Morgan fingerprint density at radius 1 is 0.956 bits per heavy atom. The van der Waals surface area contributed by atoms with Gasteiger partial charge in [0.05, 0.1) is 18.4 Å². The van der Waals surface area contributed by atoms with Crippen LogP contribution in [0.4, 0.5) is 5.69 Å². The van der Waals surface area contributed by atoms with Gasteiger partial charge in [0.2, 0.25) is 5.88 Å². The largest absolute Gasteiger partial charge is 0.495 e. The third kappa shape index (κ3) is 8.63. The van der Waals surface area contributed by atoms with Crippen LogP contribution >= 0.6 is 0 Å². The van der Waals surface area contributed by atoms with Gasteiger partial charge in [-0.1, -0.05) is 37.8 Å². The topological polar surface area (TPSA) is 102 Å². The van der Waals surface area contributed by atoms with Crippen LogP contribution < -0.4 is 14.8 Å². The first-order chi connectivity index (χ1) is 21.9. The van der Waals surface area contributed by atoms with E-state index in [4.69, 9.17) is 14.5 Å². The molecule has 1 N–H and O–H groups in total. The highest BCUT2D eigenvalue weighted by atomic mass is 16.5. The van der Waals surface area contributed by atoms with Crippen LogP contribution in [-0.2, 0) is 6.42 Å². The van der Waals surface area contributed by atoms with E-state index in [0.29, 0.717) is 45.9 Å². The van der Waals surface area contributed by atoms with Gasteiger partial charge in [-0.3, -0.25) is 4.79 Å². The van der Waals surface area contributed by atoms with E-state index < -0.39 is 0 Å². The molecule has 2 aromatic heterocycles. The number of anilines is 1. The zero-order valence-corrected chi connectivity index (χ0v) is 26.9. The SMILES string of the molecule is COc1ccc(C2CCCCC2)cc1NC(=O)c1ccc(C)c(Oc2ncccc2-c2ncnc(CCCCCN(C)C)n2)c1. The maximum Gasteiger partial charge on any atom is 0.255 e. The number of rotatable bonds is 13. The van der Waals surface area contributed by atoms with Crippen LogP contribution in [0.3, 0.4) is 0 Å². The fraction of sp³-hybridized carbons (Fsp3) is 0.417. The van der Waals surface area contributed by atoms with Crippen molar-refractivity contribution in [1.29, 1.82) is 0 Å². The molecule has 236 valence electrons. The van der Waals surface area contributed by atoms with Crippen LogP contribution in [0, 0.1) is 6.92 Å². The third-order valence-corrected chi connectivity index (χ3v) is 8.34. The van der Waals surface area contributed by atoms with Crippen molar-refractivity contribution in [2.75, 3.05) is 33.1 Å². The fourth-order valence-electron chi connectivity index (χ4n) is 5.77. The van der Waals surface area contributed by atoms with E-state index in [9.17, 15) is 4.79 Å². The summed E-state index contributed by atoms with van der Waals surface area (Å²) in [6.07, 6.45) is 13.4. The van der Waals surface area contributed by atoms with Crippen LogP contribution in [0.15, 0.2) is 61.1 Å². The van der Waals surface area contributed by atoms with Crippen LogP contribution in [0.1, 0.15) is 84.6 Å². The standard InChI is InChI=1S/C36H44N6O3/c1-25-16-17-28(35(43)40-30-22-27(18-19-31(30)44-4)26-12-7-5-8-13-26)23-32(25)45-36-29(14-11-20-37-36)34-39-24-38-33(41-34)15-9-6-10-21-42(2)3/h11,14,16-20,22-24,26H,5-10,12-13,15,21H2,1-4H3,(H,40,43). The maximum atomic E-state index is 13.5. The van der Waals surface area contributed by atoms with Crippen molar-refractivity contribution in [2.24, 2.45) is 0 Å². The average Bonchev–Trinajstić information content (AvgIpc) is 3.06. The number of methoxy groups -OCH3 is 1. The lowest BCUT2D eigenvalue weighted by Crippen LogP contribution is -2.14. The molecule has 1 aliphatic carbocycles. The number of benzene rings is 2. The van der Waals surface area contributed by atoms with Gasteiger partial charge in [-0.15, -0.1) is 0 Å². The van der Waals surface area contributed by atoms with Crippen molar-refractivity contribution < 1.29 is 14.3 Å². The number of ether oxygens (including phenoxy) is 2. The van der Waals surface area contributed by atoms with E-state index >= 15 is 0 Å². The van der Waals surface area contributed by atoms with E-state index in [1.165, 1.54) is 37.7 Å². The molecule has 0 atom stereocenters. The first kappa shape index (κ1) is 32.0. The number of carbonyl (C=O) groups excluding carboxylic acids is 1. The highest BCUT2D eigenvalue weighted by Crippen LogP contribution is 2.37. The Bertz CT molecular complexity index is 1590. The molecular formula is C36H44N6O3. The number of nitrogens with zero attached hydrogens (tertiary/aromatic N) is 5. The quantitative estimate of drug-likeness (QED) is 0.155. The zero-order chi connectivity index (χ0) is 31.6. The average molecular weight is 609 g/mol. The lowest BCUT2D eigenvalue weighted by atomic mass is 9.84. The second-order valence-corrected chi connectivity index (χ2v) is 12.0. The molecule has 0 unspecified atom stereocenters. The highest BCUT2D eigenvalue weighted by molar-refractivity contribution is 6.05. The predicted octanol–water partition coefficient (Wildman–Crippen LogP) is 7.62. The summed E-state index contributed by atoms with van der Waals surface area (Å²) in [7, 11) is 5.80. The van der Waals surface area contributed by atoms with Gasteiger partial charge in [0.25, 0.3) is 5.91 Å². The summed E-state index contributed by atoms with van der Waals surface area (Å²) in [4.78, 5) is 33.7. The summed E-state index contributed by atoms with van der Waals surface area (Å²) in [5.41, 5.74) is 3.91. The molecule has 0 bridgehead atoms. The molecule has 45 heavy (non-hydrogen) atoms. The van der Waals surface area contributed by atoms with Crippen molar-refractivity contribution in [1.82, 2.24) is 24.8 Å². The molecule has 9 heteroatoms. The van der Waals surface area contributed by atoms with E-state index in [2.05, 4.69) is 51.4 Å². The molecule has 1 aliphatic rings. The first-order valence-electron chi connectivity index (χ1n) is 16.0. The minimum atomic E-state index is -0.243. The second kappa shape index (κ2) is 15.6. The highest BCUT2D eigenvalue weighted by Gasteiger charge is 2.19. The minimum Gasteiger partial charge on any atom is -0.495 e. The molecule has 1 amide bonds. The number of aryl methyl sites for hydroxylation is 2. The number of carbonyl (C=O) groups is 1. The number of hydrogen-bond donors (Lipinski definition) is 1. The van der Waals surface area contributed by atoms with Crippen LogP contribution in [0.2, 0.25) is 0 Å². The number of unbranched alkanes of at least 4 members (excludes halogenated alkanes) is 2. The Kier molecular flexibility index (Phi) is 11.1. The summed E-state index contributed by atoms with van der Waals surface area (Å²) in [5, 5.41) is 3.08. The predicted molar refractivity (Wildman–Crippen MR) is 177 cm³/mol. The Morgan fingerprint density at radius 3 is 2.60 bits per heavy atom. The number of amides is 1. The van der Waals surface area contributed by atoms with Crippen molar-refractivity contribution in [2.45, 2.75) is 70.6 Å². The van der Waals surface area contributed by atoms with Gasteiger partial charge in [-0.05, 0) is 107 Å². The Morgan fingerprint density at radius 2 is 1.80 bits per heavy atom. The molecule has 2 aromatic carbocycles. The Labute approximate surface area is 266 Å². The van der Waals surface area contributed by atoms with E-state index in [1.807, 2.05) is 31.2 Å². The van der Waals surface area contributed by atoms with Gasteiger partial charge in [-0.25, -0.2) is 19.9 Å². The normalized spacial score (nSPS) is 13.5. The molecule has 4 aromatic rings. The summed E-state index contributed by atoms with van der Waals surface area (Å²) in [6, 6.07) is 15.3. The zero-order valence-electron chi connectivity index (χ0n) is 26.9. The molecule has 5 rings (SSSR count). The van der Waals surface area contributed by atoms with Crippen LogP contribution in [0.5, 0.6) is 17.4 Å². The Balaban J connectivity index is 1.32. The van der Waals surface area contributed by atoms with Gasteiger partial charge >= 0.3 is 0 Å². The first-order valence-corrected chi connectivity index (χ1v) is 16.0. The monoisotopic (exact) mass is 608 g/mol. The van der Waals surface area contributed by atoms with E-state index in [1.54, 1.807) is 31.8 Å². The third-order valence-electron chi connectivity index (χ3n) is 8.34. The number of hydrogen-bond acceptors (Lipinski definition) is 8. The van der Waals surface area contributed by atoms with Gasteiger partial charge in [0.1, 0.15) is 23.7 Å². The van der Waals surface area contributed by atoms with Crippen molar-refractivity contribution in [3.8, 4) is 28.8 Å². The number of nitrogens with one attached hydrogen (secondary N) is 1. The molecule has 1 saturated carbocycles. The molecule has 0 spiro atoms. The summed E-state index contributed by atoms with van der Waals surface area (Å²) in [5.74, 6) is 3.05. The number of aromatic nitrogens is 4. The van der Waals surface area contributed by atoms with Gasteiger partial charge in [0, 0.05) is 18.2 Å². The van der Waals surface area contributed by atoms with Gasteiger partial charge in [0.15, 0.2) is 5.82 Å². The molecule has 0 aliphatic heterocycles. The van der Waals surface area contributed by atoms with Crippen molar-refractivity contribution in [3.05, 3.63) is 83.6 Å². The van der Waals surface area contributed by atoms with Crippen molar-refractivity contribution in [3.63, 3.8) is 0 Å². The van der Waals surface area contributed by atoms with Crippen molar-refractivity contribution >= 4 is 11.6 Å². The lowest BCUT2D eigenvalue weighted by molar-refractivity contribution is 0.102. The lowest BCUT2D eigenvalue weighted by Gasteiger charge is -2.23. The Hall–Kier alpha value is -4.37. The molecular weight excluding hydrogens is 564 g/mol. The second-order valence-electron chi connectivity index (χ2n) is 12.0. The molecule has 2 heterocycles. The summed E-state index contributed by atoms with van der Waals surface area (Å²) >= 11 is 0. The fourth-order valence-corrected chi connectivity index (χ4v) is 5.77. The van der Waals surface area contributed by atoms with E-state index in [0.717, 1.165) is 43.6 Å². The molecule has 1 fully saturated rings. The molecule has 0 saturated heterocycles. The van der Waals surface area contributed by atoms with Gasteiger partial charge < -0.3 is 19.7 Å². The molecule has 9 nitrogen and oxygen atoms in total. The summed E-state index contributed by atoms with van der Waals surface area (Å²) in [6.45, 7) is 3.01. The van der Waals surface area contributed by atoms with Gasteiger partial charge in [-0.2, -0.15) is 0 Å². The minimum absolute atomic E-state index is 0.243. The maximum absolute atomic E-state index is 13.5. The number of pyridine rings is 1. The van der Waals surface area contributed by atoms with Crippen LogP contribution in [-0.4, -0.2) is 58.5 Å². The smallest absolute Gasteiger partial charge is 0.255 e. The van der Waals surface area contributed by atoms with Crippen LogP contribution in [0.25, 0.3) is 11.4 Å². The van der Waals surface area contributed by atoms with E-state index in [-0.39, 0.29) is 5.91 Å². The molecule has 0 radical (unpaired) electrons. The summed E-state index contributed by atoms with van der Waals surface area (Å²) < 4.78 is 11.9.